The summed E-state index contributed by atoms with van der Waals surface area (Å²) in [6, 6.07) is 68.4. The highest BCUT2D eigenvalue weighted by Gasteiger charge is 2.17. The first-order chi connectivity index (χ1) is 25.3. The zero-order valence-electron chi connectivity index (χ0n) is 27.7. The summed E-state index contributed by atoms with van der Waals surface area (Å²) in [6.45, 7) is 0. The Morgan fingerprint density at radius 3 is 1.10 bits per heavy atom. The van der Waals surface area contributed by atoms with Crippen LogP contribution in [0.4, 0.5) is 0 Å². The number of nitrogens with zero attached hydrogens (tertiary/aromatic N) is 3. The summed E-state index contributed by atoms with van der Waals surface area (Å²) < 4.78 is 7.17. The van der Waals surface area contributed by atoms with Crippen LogP contribution in [0.3, 0.4) is 0 Å². The van der Waals surface area contributed by atoms with Gasteiger partial charge in [-0.2, -0.15) is 0 Å². The molecule has 3 heterocycles. The molecule has 0 atom stereocenters. The van der Waals surface area contributed by atoms with Gasteiger partial charge < -0.3 is 13.7 Å². The zero-order valence-corrected chi connectivity index (χ0v) is 27.7. The molecule has 51 heavy (non-hydrogen) atoms. The predicted molar refractivity (Wildman–Crippen MR) is 215 cm³/mol. The monoisotopic (exact) mass is 649 g/mol. The molecule has 0 aliphatic carbocycles. The lowest BCUT2D eigenvalue weighted by atomic mass is 10.0. The van der Waals surface area contributed by atoms with Crippen LogP contribution in [0, 0.1) is 0 Å². The van der Waals surface area contributed by atoms with Crippen molar-refractivity contribution in [3.05, 3.63) is 188 Å². The number of benzene rings is 8. The normalized spacial score (nSPS) is 11.9. The van der Waals surface area contributed by atoms with Gasteiger partial charge in [0.25, 0.3) is 0 Å². The third-order valence-electron chi connectivity index (χ3n) is 10.6. The molecule has 0 N–H and O–H groups in total. The summed E-state index contributed by atoms with van der Waals surface area (Å²) in [5.41, 5.74) is 13.2. The van der Waals surface area contributed by atoms with Gasteiger partial charge >= 0.3 is 0 Å². The van der Waals surface area contributed by atoms with Gasteiger partial charge in [-0.15, -0.1) is 0 Å². The molecular weight excluding hydrogens is 619 g/mol. The van der Waals surface area contributed by atoms with Crippen molar-refractivity contribution in [1.29, 1.82) is 0 Å². The van der Waals surface area contributed by atoms with Crippen LogP contribution in [0.2, 0.25) is 0 Å². The van der Waals surface area contributed by atoms with E-state index in [9.17, 15) is 0 Å². The largest absolute Gasteiger partial charge is 0.309 e. The van der Waals surface area contributed by atoms with Crippen LogP contribution < -0.4 is 0 Å². The van der Waals surface area contributed by atoms with Crippen LogP contribution >= 0.6 is 0 Å². The van der Waals surface area contributed by atoms with E-state index in [4.69, 9.17) is 0 Å². The lowest BCUT2D eigenvalue weighted by Crippen LogP contribution is -1.97. The van der Waals surface area contributed by atoms with Crippen molar-refractivity contribution in [1.82, 2.24) is 13.7 Å². The maximum atomic E-state index is 2.40. The van der Waals surface area contributed by atoms with Crippen molar-refractivity contribution in [3.63, 3.8) is 0 Å². The Labute approximate surface area is 294 Å². The summed E-state index contributed by atoms with van der Waals surface area (Å²) in [6.07, 6.45) is 0. The summed E-state index contributed by atoms with van der Waals surface area (Å²) in [5, 5.41) is 7.58. The van der Waals surface area contributed by atoms with E-state index in [0.717, 1.165) is 11.4 Å². The number of fused-ring (bicyclic) bond motifs is 9. The van der Waals surface area contributed by atoms with Crippen LogP contribution in [0.15, 0.2) is 188 Å². The first-order valence-corrected chi connectivity index (χ1v) is 17.5. The van der Waals surface area contributed by atoms with Crippen molar-refractivity contribution in [2.45, 2.75) is 0 Å². The fraction of sp³-hybridized carbons (Fsp3) is 0. The first kappa shape index (κ1) is 28.0. The lowest BCUT2D eigenvalue weighted by molar-refractivity contribution is 1.14. The van der Waals surface area contributed by atoms with E-state index in [1.165, 1.54) is 82.2 Å². The average molecular weight is 650 g/mol. The number of hydrogen-bond acceptors (Lipinski definition) is 0. The van der Waals surface area contributed by atoms with E-state index >= 15 is 0 Å². The minimum atomic E-state index is 1.15. The molecule has 11 rings (SSSR count). The van der Waals surface area contributed by atoms with Gasteiger partial charge in [0.1, 0.15) is 0 Å². The second-order valence-corrected chi connectivity index (χ2v) is 13.4. The molecule has 0 fully saturated rings. The summed E-state index contributed by atoms with van der Waals surface area (Å²) in [7, 11) is 0. The van der Waals surface area contributed by atoms with Gasteiger partial charge in [0.2, 0.25) is 0 Å². The van der Waals surface area contributed by atoms with E-state index in [1.54, 1.807) is 0 Å². The van der Waals surface area contributed by atoms with Crippen LogP contribution in [-0.4, -0.2) is 13.7 Å². The van der Waals surface area contributed by atoms with Crippen LogP contribution in [0.1, 0.15) is 0 Å². The summed E-state index contributed by atoms with van der Waals surface area (Å²) in [4.78, 5) is 0. The van der Waals surface area contributed by atoms with Crippen molar-refractivity contribution in [2.24, 2.45) is 0 Å². The standard InChI is InChI=1S/C48H31N3/c1-2-12-34(13-3-1)51-45-20-10-6-16-39(45)41-28-22-33(31-48(41)51)32-23-29-47-42(30-32)40-17-7-11-21-46(40)50(47)36-26-24-35(25-27-36)49-43-18-8-4-14-37(43)38-15-5-9-19-44(38)49/h1-31H. The fourth-order valence-corrected chi connectivity index (χ4v) is 8.39. The maximum Gasteiger partial charge on any atom is 0.0547 e. The van der Waals surface area contributed by atoms with Crippen molar-refractivity contribution in [3.8, 4) is 28.2 Å². The molecule has 3 heteroatoms. The molecule has 3 nitrogen and oxygen atoms in total. The Balaban J connectivity index is 1.06. The molecule has 11 aromatic rings. The van der Waals surface area contributed by atoms with E-state index in [1.807, 2.05) is 0 Å². The van der Waals surface area contributed by atoms with E-state index in [-0.39, 0.29) is 0 Å². The van der Waals surface area contributed by atoms with Gasteiger partial charge in [-0.25, -0.2) is 0 Å². The quantitative estimate of drug-likeness (QED) is 0.180. The second kappa shape index (κ2) is 10.8. The van der Waals surface area contributed by atoms with E-state index < -0.39 is 0 Å². The second-order valence-electron chi connectivity index (χ2n) is 13.4. The fourth-order valence-electron chi connectivity index (χ4n) is 8.39. The highest BCUT2D eigenvalue weighted by molar-refractivity contribution is 6.13. The van der Waals surface area contributed by atoms with Gasteiger partial charge in [0.05, 0.1) is 33.1 Å². The van der Waals surface area contributed by atoms with Gasteiger partial charge in [-0.3, -0.25) is 0 Å². The van der Waals surface area contributed by atoms with Gasteiger partial charge in [0.15, 0.2) is 0 Å². The molecule has 238 valence electrons. The lowest BCUT2D eigenvalue weighted by Gasteiger charge is -2.12. The molecule has 0 spiro atoms. The van der Waals surface area contributed by atoms with Gasteiger partial charge in [-0.05, 0) is 90.0 Å². The van der Waals surface area contributed by atoms with E-state index in [2.05, 4.69) is 202 Å². The molecule has 3 aromatic heterocycles. The highest BCUT2D eigenvalue weighted by atomic mass is 15.0. The molecule has 0 bridgehead atoms. The number of aromatic nitrogens is 3. The Hall–Kier alpha value is -6.84. The zero-order chi connectivity index (χ0) is 33.5. The van der Waals surface area contributed by atoms with Crippen molar-refractivity contribution < 1.29 is 0 Å². The number of para-hydroxylation sites is 5. The summed E-state index contributed by atoms with van der Waals surface area (Å²) >= 11 is 0. The number of hydrogen-bond donors (Lipinski definition) is 0. The Kier molecular flexibility index (Phi) is 5.96. The van der Waals surface area contributed by atoms with Crippen LogP contribution in [0.25, 0.3) is 93.6 Å². The molecule has 0 saturated heterocycles. The molecule has 0 aliphatic heterocycles. The Morgan fingerprint density at radius 1 is 0.216 bits per heavy atom. The molecule has 0 amide bonds. The van der Waals surface area contributed by atoms with Crippen molar-refractivity contribution >= 4 is 65.4 Å². The Morgan fingerprint density at radius 2 is 0.569 bits per heavy atom. The molecule has 0 unspecified atom stereocenters. The van der Waals surface area contributed by atoms with Crippen molar-refractivity contribution in [2.75, 3.05) is 0 Å². The first-order valence-electron chi connectivity index (χ1n) is 17.5. The minimum absolute atomic E-state index is 1.15. The third kappa shape index (κ3) is 4.12. The minimum Gasteiger partial charge on any atom is -0.309 e. The number of rotatable bonds is 4. The predicted octanol–water partition coefficient (Wildman–Crippen LogP) is 12.6. The van der Waals surface area contributed by atoms with Crippen LogP contribution in [0.5, 0.6) is 0 Å². The smallest absolute Gasteiger partial charge is 0.0547 e. The van der Waals surface area contributed by atoms with Crippen LogP contribution in [-0.2, 0) is 0 Å². The molecule has 0 saturated carbocycles. The summed E-state index contributed by atoms with van der Waals surface area (Å²) in [5.74, 6) is 0. The molecule has 8 aromatic carbocycles. The molecule has 0 radical (unpaired) electrons. The maximum absolute atomic E-state index is 2.40. The highest BCUT2D eigenvalue weighted by Crippen LogP contribution is 2.39. The average Bonchev–Trinajstić information content (AvgIpc) is 3.83. The Bertz CT molecular complexity index is 3070. The van der Waals surface area contributed by atoms with Gasteiger partial charge in [0, 0.05) is 49.4 Å². The SMILES string of the molecule is c1ccc(-n2c3ccccc3c3ccc(-c4ccc5c(c4)c4ccccc4n5-c4ccc(-n5c6ccccc6c6ccccc65)cc4)cc32)cc1. The van der Waals surface area contributed by atoms with Gasteiger partial charge in [-0.1, -0.05) is 109 Å². The topological polar surface area (TPSA) is 14.8 Å². The molecule has 0 aliphatic rings. The third-order valence-corrected chi connectivity index (χ3v) is 10.6. The molecular formula is C48H31N3. The van der Waals surface area contributed by atoms with E-state index in [0.29, 0.717) is 0 Å².